The van der Waals surface area contributed by atoms with Gasteiger partial charge in [0, 0.05) is 16.8 Å². The number of carbonyl (C=O) groups is 1. The monoisotopic (exact) mass is 751 g/mol. The molecule has 0 aromatic heterocycles. The highest BCUT2D eigenvalue weighted by Crippen LogP contribution is 2.37. The van der Waals surface area contributed by atoms with Crippen LogP contribution in [-0.2, 0) is 50.5 Å². The summed E-state index contributed by atoms with van der Waals surface area (Å²) in [5.74, 6) is -1.04. The molecule has 0 heterocycles. The van der Waals surface area contributed by atoms with Crippen molar-refractivity contribution in [2.45, 2.75) is 31.4 Å². The molecule has 47 heavy (non-hydrogen) atoms. The summed E-state index contributed by atoms with van der Waals surface area (Å²) < 4.78 is 163. The van der Waals surface area contributed by atoms with Gasteiger partial charge in [0.25, 0.3) is 56.4 Å². The van der Waals surface area contributed by atoms with Gasteiger partial charge in [-0.1, -0.05) is 0 Å². The first kappa shape index (κ1) is 35.7. The number of sulfonamides is 1. The van der Waals surface area contributed by atoms with Crippen molar-refractivity contribution < 1.29 is 65.1 Å². The molecule has 4 rings (SSSR count). The molecule has 1 amide bonds. The predicted octanol–water partition coefficient (Wildman–Crippen LogP) is 1.77. The summed E-state index contributed by atoms with van der Waals surface area (Å²) in [4.78, 5) is 8.03. The van der Waals surface area contributed by atoms with Crippen LogP contribution in [0.3, 0.4) is 0 Å². The molecule has 4 aromatic carbocycles. The number of nitrogens with one attached hydrogen (secondary N) is 2. The number of fused-ring (bicyclic) bond motifs is 1. The summed E-state index contributed by atoms with van der Waals surface area (Å²) >= 11 is 0. The van der Waals surface area contributed by atoms with E-state index >= 15 is 0 Å². The van der Waals surface area contributed by atoms with Crippen LogP contribution in [-0.4, -0.2) is 66.2 Å². The van der Waals surface area contributed by atoms with E-state index in [0.717, 1.165) is 30.3 Å². The molecule has 0 unspecified atom stereocenters. The zero-order valence-electron chi connectivity index (χ0n) is 23.2. The summed E-state index contributed by atoms with van der Waals surface area (Å²) in [6, 6.07) is 8.05. The number of benzene rings is 4. The quantitative estimate of drug-likeness (QED) is 0.0946. The van der Waals surface area contributed by atoms with Crippen LogP contribution in [0.2, 0.25) is 0 Å². The number of hydrogen-bond donors (Lipinski definition) is 7. The Morgan fingerprint density at radius 2 is 1.19 bits per heavy atom. The summed E-state index contributed by atoms with van der Waals surface area (Å²) in [5, 5.41) is 0.901. The minimum atomic E-state index is -5.39. The molecule has 18 nitrogen and oxygen atoms in total. The van der Waals surface area contributed by atoms with E-state index in [2.05, 4.69) is 5.32 Å². The predicted molar refractivity (Wildman–Crippen MR) is 164 cm³/mol. The molecule has 0 saturated carbocycles. The second-order valence-corrected chi connectivity index (χ2v) is 17.0. The van der Waals surface area contributed by atoms with Crippen molar-refractivity contribution in [3.8, 4) is 0 Å². The van der Waals surface area contributed by atoms with Crippen LogP contribution in [0.4, 0.5) is 17.1 Å². The standard InChI is InChI=1S/C24H21N3O15S5/c1-12-6-15(26-24(28)18-4-2-14(25)9-21(18)46(37,38)39)3-5-20(12)43(29,30)27-19-10-16(44(31,32)33)7-13-8-17(45(34,35)36)11-22(23(13)19)47(40,41)42/h2-11,27H,25H2,1H3,(H,26,28)(H,31,32,33)(H,34,35,36)(H,37,38,39)(H,40,41,42). The maximum Gasteiger partial charge on any atom is 0.295 e. The highest BCUT2D eigenvalue weighted by Gasteiger charge is 2.28. The fraction of sp³-hybridized carbons (Fsp3) is 0.0417. The van der Waals surface area contributed by atoms with E-state index in [-0.39, 0.29) is 23.0 Å². The molecule has 4 aromatic rings. The smallest absolute Gasteiger partial charge is 0.295 e. The molecular weight excluding hydrogens is 731 g/mol. The Bertz CT molecular complexity index is 2560. The third-order valence-electron chi connectivity index (χ3n) is 6.33. The lowest BCUT2D eigenvalue weighted by Gasteiger charge is -2.17. The molecule has 8 N–H and O–H groups in total. The Morgan fingerprint density at radius 1 is 0.638 bits per heavy atom. The lowest BCUT2D eigenvalue weighted by Crippen LogP contribution is -2.18. The Labute approximate surface area is 267 Å². The highest BCUT2D eigenvalue weighted by molar-refractivity contribution is 7.93. The minimum absolute atomic E-state index is 0.0743. The lowest BCUT2D eigenvalue weighted by molar-refractivity contribution is 0.102. The van der Waals surface area contributed by atoms with Crippen LogP contribution >= 0.6 is 0 Å². The van der Waals surface area contributed by atoms with Gasteiger partial charge in [0.15, 0.2) is 0 Å². The number of nitrogen functional groups attached to an aromatic ring is 1. The third kappa shape index (κ3) is 7.69. The van der Waals surface area contributed by atoms with Gasteiger partial charge < -0.3 is 11.1 Å². The van der Waals surface area contributed by atoms with Crippen LogP contribution in [0.25, 0.3) is 10.8 Å². The number of aryl methyl sites for hydroxylation is 1. The maximum atomic E-state index is 13.5. The fourth-order valence-electron chi connectivity index (χ4n) is 4.37. The van der Waals surface area contributed by atoms with Gasteiger partial charge in [-0.2, -0.15) is 33.7 Å². The summed E-state index contributed by atoms with van der Waals surface area (Å²) in [5.41, 5.74) is 3.91. The number of carbonyl (C=O) groups excluding carboxylic acids is 1. The molecule has 0 aliphatic rings. The number of hydrogen-bond acceptors (Lipinski definition) is 12. The van der Waals surface area contributed by atoms with Gasteiger partial charge >= 0.3 is 0 Å². The molecule has 0 bridgehead atoms. The lowest BCUT2D eigenvalue weighted by atomic mass is 10.1. The van der Waals surface area contributed by atoms with Crippen molar-refractivity contribution in [3.63, 3.8) is 0 Å². The Hall–Kier alpha value is -4.20. The van der Waals surface area contributed by atoms with Gasteiger partial charge in [0.2, 0.25) is 0 Å². The average Bonchev–Trinajstić information content (AvgIpc) is 2.89. The van der Waals surface area contributed by atoms with E-state index in [0.29, 0.717) is 18.2 Å². The van der Waals surface area contributed by atoms with Gasteiger partial charge in [-0.05, 0) is 78.5 Å². The number of nitrogens with two attached hydrogens (primary N) is 1. The second-order valence-electron chi connectivity index (χ2n) is 9.69. The number of amides is 1. The highest BCUT2D eigenvalue weighted by atomic mass is 32.2. The molecule has 23 heteroatoms. The van der Waals surface area contributed by atoms with E-state index in [1.807, 2.05) is 4.72 Å². The molecule has 0 radical (unpaired) electrons. The van der Waals surface area contributed by atoms with Crippen molar-refractivity contribution in [1.29, 1.82) is 0 Å². The zero-order chi connectivity index (χ0) is 35.5. The van der Waals surface area contributed by atoms with Crippen molar-refractivity contribution >= 4 is 84.2 Å². The summed E-state index contributed by atoms with van der Waals surface area (Å²) in [7, 11) is -25.4. The SMILES string of the molecule is Cc1cc(NC(=O)c2ccc(N)cc2S(=O)(=O)O)ccc1S(=O)(=O)Nc1cc(S(=O)(=O)O)cc2cc(S(=O)(=O)O)cc(S(=O)(=O)O)c12. The van der Waals surface area contributed by atoms with E-state index in [1.165, 1.54) is 13.0 Å². The van der Waals surface area contributed by atoms with Crippen molar-refractivity contribution in [2.24, 2.45) is 0 Å². The number of rotatable bonds is 9. The fourth-order valence-corrected chi connectivity index (χ4v) is 8.31. The van der Waals surface area contributed by atoms with Crippen LogP contribution < -0.4 is 15.8 Å². The largest absolute Gasteiger partial charge is 0.399 e. The third-order valence-corrected chi connectivity index (χ3v) is 11.3. The van der Waals surface area contributed by atoms with E-state index in [1.54, 1.807) is 0 Å². The Balaban J connectivity index is 1.83. The summed E-state index contributed by atoms with van der Waals surface area (Å²) in [6.45, 7) is 1.24. The molecular formula is C24H21N3O15S5. The number of anilines is 3. The van der Waals surface area contributed by atoms with E-state index in [9.17, 15) is 65.1 Å². The van der Waals surface area contributed by atoms with Crippen LogP contribution in [0.5, 0.6) is 0 Å². The minimum Gasteiger partial charge on any atom is -0.399 e. The first-order valence-corrected chi connectivity index (χ1v) is 19.4. The van der Waals surface area contributed by atoms with Crippen LogP contribution in [0.1, 0.15) is 15.9 Å². The van der Waals surface area contributed by atoms with Crippen molar-refractivity contribution in [2.75, 3.05) is 15.8 Å². The molecule has 0 aliphatic carbocycles. The molecule has 0 saturated heterocycles. The first-order chi connectivity index (χ1) is 21.3. The van der Waals surface area contributed by atoms with Gasteiger partial charge in [0.1, 0.15) is 9.79 Å². The molecule has 0 atom stereocenters. The van der Waals surface area contributed by atoms with Gasteiger partial charge in [-0.3, -0.25) is 27.7 Å². The average molecular weight is 752 g/mol. The van der Waals surface area contributed by atoms with Gasteiger partial charge in [0.05, 0.1) is 25.9 Å². The Morgan fingerprint density at radius 3 is 1.70 bits per heavy atom. The topological polar surface area (TPSA) is 319 Å². The van der Waals surface area contributed by atoms with Gasteiger partial charge in [-0.15, -0.1) is 0 Å². The first-order valence-electron chi connectivity index (χ1n) is 12.1. The molecule has 0 fully saturated rings. The maximum absolute atomic E-state index is 13.5. The van der Waals surface area contributed by atoms with Crippen LogP contribution in [0.15, 0.2) is 85.1 Å². The van der Waals surface area contributed by atoms with Crippen molar-refractivity contribution in [3.05, 3.63) is 71.8 Å². The molecule has 0 aliphatic heterocycles. The second kappa shape index (κ2) is 11.8. The van der Waals surface area contributed by atoms with E-state index in [4.69, 9.17) is 5.73 Å². The van der Waals surface area contributed by atoms with E-state index < -0.39 is 103 Å². The molecule has 252 valence electrons. The molecule has 0 spiro atoms. The zero-order valence-corrected chi connectivity index (χ0v) is 27.3. The van der Waals surface area contributed by atoms with Gasteiger partial charge in [-0.25, -0.2) is 8.42 Å². The van der Waals surface area contributed by atoms with Crippen LogP contribution in [0, 0.1) is 6.92 Å². The Kier molecular flexibility index (Phi) is 8.95. The normalized spacial score (nSPS) is 13.0. The summed E-state index contributed by atoms with van der Waals surface area (Å²) in [6.07, 6.45) is 0. The van der Waals surface area contributed by atoms with Crippen molar-refractivity contribution in [1.82, 2.24) is 0 Å².